The van der Waals surface area contributed by atoms with Crippen molar-refractivity contribution in [3.05, 3.63) is 32.1 Å². The van der Waals surface area contributed by atoms with Gasteiger partial charge in [0.25, 0.3) is 0 Å². The first-order chi connectivity index (χ1) is 5.15. The molecule has 0 aliphatic carbocycles. The highest BCUT2D eigenvalue weighted by molar-refractivity contribution is 14.1. The van der Waals surface area contributed by atoms with Gasteiger partial charge in [0.1, 0.15) is 0 Å². The summed E-state index contributed by atoms with van der Waals surface area (Å²) in [5.74, 6) is -0.371. The summed E-state index contributed by atoms with van der Waals surface area (Å²) < 4.78 is 13.4. The number of hydrogen-bond donors (Lipinski definition) is 1. The number of rotatable bonds is 1. The highest BCUT2D eigenvalue weighted by Crippen LogP contribution is 2.21. The lowest BCUT2D eigenvalue weighted by Crippen LogP contribution is -1.97. The summed E-state index contributed by atoms with van der Waals surface area (Å²) in [4.78, 5) is 0. The van der Waals surface area contributed by atoms with E-state index in [1.165, 1.54) is 0 Å². The molecule has 2 N–H and O–H groups in total. The number of benzene rings is 1. The molecule has 0 fully saturated rings. The normalized spacial score (nSPS) is 10.2. The minimum atomic E-state index is -0.371. The number of halogens is 3. The van der Waals surface area contributed by atoms with Crippen molar-refractivity contribution in [2.45, 2.75) is 6.54 Å². The highest BCUT2D eigenvalue weighted by atomic mass is 127. The monoisotopic (exact) mass is 285 g/mol. The predicted molar refractivity (Wildman–Crippen MR) is 52.0 cm³/mol. The molecule has 0 unspecified atom stereocenters. The number of hydrogen-bond acceptors (Lipinski definition) is 1. The van der Waals surface area contributed by atoms with E-state index in [0.29, 0.717) is 10.1 Å². The second kappa shape index (κ2) is 3.69. The van der Waals surface area contributed by atoms with E-state index in [2.05, 4.69) is 0 Å². The van der Waals surface area contributed by atoms with Crippen LogP contribution in [0.5, 0.6) is 0 Å². The van der Waals surface area contributed by atoms with Gasteiger partial charge in [-0.3, -0.25) is 0 Å². The Morgan fingerprint density at radius 1 is 1.55 bits per heavy atom. The second-order valence-electron chi connectivity index (χ2n) is 2.08. The van der Waals surface area contributed by atoms with Crippen molar-refractivity contribution in [1.82, 2.24) is 0 Å². The van der Waals surface area contributed by atoms with Crippen molar-refractivity contribution in [3.8, 4) is 0 Å². The average molecular weight is 285 g/mol. The van der Waals surface area contributed by atoms with Crippen LogP contribution in [0.25, 0.3) is 0 Å². The van der Waals surface area contributed by atoms with Crippen LogP contribution in [0.2, 0.25) is 5.02 Å². The maximum atomic E-state index is 12.9. The van der Waals surface area contributed by atoms with E-state index in [-0.39, 0.29) is 10.8 Å². The maximum absolute atomic E-state index is 12.9. The first-order valence-electron chi connectivity index (χ1n) is 2.98. The van der Waals surface area contributed by atoms with E-state index in [9.17, 15) is 4.39 Å². The molecular formula is C7H6ClFIN. The molecule has 1 rings (SSSR count). The lowest BCUT2D eigenvalue weighted by Gasteiger charge is -2.00. The maximum Gasteiger partial charge on any atom is 0.155 e. The van der Waals surface area contributed by atoms with Crippen LogP contribution < -0.4 is 5.73 Å². The van der Waals surface area contributed by atoms with Crippen molar-refractivity contribution >= 4 is 34.2 Å². The van der Waals surface area contributed by atoms with Gasteiger partial charge >= 0.3 is 0 Å². The zero-order valence-corrected chi connectivity index (χ0v) is 8.49. The molecule has 0 radical (unpaired) electrons. The zero-order valence-electron chi connectivity index (χ0n) is 5.57. The Labute approximate surface area is 82.9 Å². The third-order valence-electron chi connectivity index (χ3n) is 1.28. The molecule has 0 bridgehead atoms. The fourth-order valence-electron chi connectivity index (χ4n) is 0.726. The Morgan fingerprint density at radius 2 is 2.18 bits per heavy atom. The van der Waals surface area contributed by atoms with E-state index in [1.54, 1.807) is 12.1 Å². The van der Waals surface area contributed by atoms with Crippen LogP contribution in [0.1, 0.15) is 5.56 Å². The van der Waals surface area contributed by atoms with E-state index in [0.717, 1.165) is 5.56 Å². The first-order valence-corrected chi connectivity index (χ1v) is 4.44. The molecule has 1 nitrogen and oxygen atoms in total. The molecular weight excluding hydrogens is 279 g/mol. The molecule has 0 saturated carbocycles. The van der Waals surface area contributed by atoms with Crippen molar-refractivity contribution in [2.75, 3.05) is 0 Å². The molecule has 1 aromatic carbocycles. The lowest BCUT2D eigenvalue weighted by molar-refractivity contribution is 0.620. The van der Waals surface area contributed by atoms with E-state index < -0.39 is 0 Å². The topological polar surface area (TPSA) is 26.0 Å². The Kier molecular flexibility index (Phi) is 3.09. The van der Waals surface area contributed by atoms with Gasteiger partial charge in [0.2, 0.25) is 0 Å². The summed E-state index contributed by atoms with van der Waals surface area (Å²) >= 11 is 7.45. The van der Waals surface area contributed by atoms with Gasteiger partial charge in [-0.2, -0.15) is 0 Å². The van der Waals surface area contributed by atoms with Crippen LogP contribution in [-0.4, -0.2) is 0 Å². The van der Waals surface area contributed by atoms with Crippen LogP contribution in [0.4, 0.5) is 4.39 Å². The summed E-state index contributed by atoms with van der Waals surface area (Å²) in [5, 5.41) is 0.136. The molecule has 0 saturated heterocycles. The molecule has 0 aliphatic heterocycles. The molecule has 4 heteroatoms. The lowest BCUT2D eigenvalue weighted by atomic mass is 10.2. The third kappa shape index (κ3) is 2.04. The summed E-state index contributed by atoms with van der Waals surface area (Å²) in [7, 11) is 0. The Balaban J connectivity index is 3.21. The largest absolute Gasteiger partial charge is 0.326 e. The zero-order chi connectivity index (χ0) is 8.43. The second-order valence-corrected chi connectivity index (χ2v) is 3.65. The SMILES string of the molecule is NCc1cc(Cl)c(F)c(I)c1. The molecule has 0 aromatic heterocycles. The van der Waals surface area contributed by atoms with Gasteiger partial charge in [-0.25, -0.2) is 4.39 Å². The van der Waals surface area contributed by atoms with Crippen molar-refractivity contribution in [3.63, 3.8) is 0 Å². The van der Waals surface area contributed by atoms with Crippen molar-refractivity contribution in [1.29, 1.82) is 0 Å². The van der Waals surface area contributed by atoms with Gasteiger partial charge in [0.05, 0.1) is 8.59 Å². The number of nitrogens with two attached hydrogens (primary N) is 1. The molecule has 11 heavy (non-hydrogen) atoms. The summed E-state index contributed by atoms with van der Waals surface area (Å²) in [6, 6.07) is 3.22. The minimum absolute atomic E-state index is 0.136. The van der Waals surface area contributed by atoms with Crippen LogP contribution in [0.15, 0.2) is 12.1 Å². The Morgan fingerprint density at radius 3 is 2.64 bits per heavy atom. The predicted octanol–water partition coefficient (Wildman–Crippen LogP) is 2.54. The molecule has 0 atom stereocenters. The highest BCUT2D eigenvalue weighted by Gasteiger charge is 2.05. The summed E-state index contributed by atoms with van der Waals surface area (Å²) in [5.41, 5.74) is 6.20. The van der Waals surface area contributed by atoms with Crippen LogP contribution in [0.3, 0.4) is 0 Å². The average Bonchev–Trinajstić information content (AvgIpc) is 1.99. The van der Waals surface area contributed by atoms with Crippen LogP contribution in [0, 0.1) is 9.39 Å². The van der Waals surface area contributed by atoms with Crippen molar-refractivity contribution < 1.29 is 4.39 Å². The first kappa shape index (κ1) is 9.22. The van der Waals surface area contributed by atoms with Gasteiger partial charge < -0.3 is 5.73 Å². The van der Waals surface area contributed by atoms with E-state index >= 15 is 0 Å². The van der Waals surface area contributed by atoms with Crippen LogP contribution >= 0.6 is 34.2 Å². The standard InChI is InChI=1S/C7H6ClFIN/c8-5-1-4(3-11)2-6(10)7(5)9/h1-2H,3,11H2. The fourth-order valence-corrected chi connectivity index (χ4v) is 1.82. The van der Waals surface area contributed by atoms with Gasteiger partial charge in [0.15, 0.2) is 5.82 Å². The van der Waals surface area contributed by atoms with Crippen molar-refractivity contribution in [2.24, 2.45) is 5.73 Å². The Bertz CT molecular complexity index is 254. The molecule has 0 heterocycles. The van der Waals surface area contributed by atoms with Gasteiger partial charge in [-0.05, 0) is 40.3 Å². The minimum Gasteiger partial charge on any atom is -0.326 e. The molecule has 0 amide bonds. The molecule has 60 valence electrons. The third-order valence-corrected chi connectivity index (χ3v) is 2.34. The molecule has 0 aliphatic rings. The quantitative estimate of drug-likeness (QED) is 0.623. The van der Waals surface area contributed by atoms with E-state index in [4.69, 9.17) is 17.3 Å². The van der Waals surface area contributed by atoms with Gasteiger partial charge in [-0.1, -0.05) is 11.6 Å². The molecule has 1 aromatic rings. The Hall–Kier alpha value is 0.130. The van der Waals surface area contributed by atoms with Gasteiger partial charge in [0, 0.05) is 6.54 Å². The fraction of sp³-hybridized carbons (Fsp3) is 0.143. The van der Waals surface area contributed by atoms with Crippen LogP contribution in [-0.2, 0) is 6.54 Å². The molecule has 0 spiro atoms. The summed E-state index contributed by atoms with van der Waals surface area (Å²) in [6.45, 7) is 0.385. The smallest absolute Gasteiger partial charge is 0.155 e. The summed E-state index contributed by atoms with van der Waals surface area (Å²) in [6.07, 6.45) is 0. The van der Waals surface area contributed by atoms with Gasteiger partial charge in [-0.15, -0.1) is 0 Å². The van der Waals surface area contributed by atoms with E-state index in [1.807, 2.05) is 22.6 Å².